The van der Waals surface area contributed by atoms with E-state index >= 15 is 0 Å². The van der Waals surface area contributed by atoms with E-state index in [-0.39, 0.29) is 11.6 Å². The van der Waals surface area contributed by atoms with E-state index in [2.05, 4.69) is 15.6 Å². The summed E-state index contributed by atoms with van der Waals surface area (Å²) in [5.41, 5.74) is 1.47. The van der Waals surface area contributed by atoms with Gasteiger partial charge in [-0.15, -0.1) is 0 Å². The van der Waals surface area contributed by atoms with Crippen molar-refractivity contribution in [2.24, 2.45) is 5.92 Å². The molecule has 4 rings (SSSR count). The second-order valence-corrected chi connectivity index (χ2v) is 11.1. The van der Waals surface area contributed by atoms with Crippen LogP contribution in [0.15, 0.2) is 48.5 Å². The highest BCUT2D eigenvalue weighted by Gasteiger charge is 2.48. The van der Waals surface area contributed by atoms with Crippen LogP contribution in [0.3, 0.4) is 0 Å². The third-order valence-corrected chi connectivity index (χ3v) is 7.43. The van der Waals surface area contributed by atoms with Crippen LogP contribution in [0.5, 0.6) is 0 Å². The van der Waals surface area contributed by atoms with Crippen molar-refractivity contribution < 1.29 is 33.6 Å². The number of aromatic nitrogens is 1. The predicted octanol–water partition coefficient (Wildman–Crippen LogP) is 1.74. The molecule has 1 aromatic heterocycles. The minimum Gasteiger partial charge on any atom is -0.497 e. The predicted molar refractivity (Wildman–Crippen MR) is 151 cm³/mol. The Labute approximate surface area is 240 Å². The number of carbonyl (C=O) groups is 4. The molecule has 2 aliphatic heterocycles. The van der Waals surface area contributed by atoms with Crippen LogP contribution in [0.1, 0.15) is 56.9 Å². The molecule has 0 saturated carbocycles. The van der Waals surface area contributed by atoms with Crippen LogP contribution in [0.25, 0.3) is 11.3 Å². The summed E-state index contributed by atoms with van der Waals surface area (Å²) in [6, 6.07) is 11.8. The van der Waals surface area contributed by atoms with Crippen molar-refractivity contribution in [2.75, 3.05) is 7.05 Å². The number of hydrogen-bond acceptors (Lipinski definition) is 9. The summed E-state index contributed by atoms with van der Waals surface area (Å²) < 4.78 is 11.3. The lowest BCUT2D eigenvalue weighted by Gasteiger charge is -2.40. The molecule has 0 aliphatic carbocycles. The molecule has 2 saturated heterocycles. The molecule has 3 N–H and O–H groups in total. The van der Waals surface area contributed by atoms with Crippen LogP contribution >= 0.6 is 0 Å². The number of aliphatic hydroxyl groups excluding tert-OH is 1. The number of hydrogen-bond donors (Lipinski definition) is 3. The van der Waals surface area contributed by atoms with E-state index < -0.39 is 61.0 Å². The van der Waals surface area contributed by atoms with E-state index in [1.165, 1.54) is 13.0 Å². The van der Waals surface area contributed by atoms with Crippen molar-refractivity contribution in [3.8, 4) is 11.3 Å². The van der Waals surface area contributed by atoms with Gasteiger partial charge >= 0.3 is 19.1 Å². The minimum atomic E-state index is -1.36. The molecule has 1 aromatic carbocycles. The van der Waals surface area contributed by atoms with Gasteiger partial charge in [-0.05, 0) is 57.7 Å². The van der Waals surface area contributed by atoms with Crippen LogP contribution in [-0.4, -0.2) is 83.1 Å². The lowest BCUT2D eigenvalue weighted by molar-refractivity contribution is -0.157. The van der Waals surface area contributed by atoms with Gasteiger partial charge in [0.25, 0.3) is 5.91 Å². The molecular weight excluding hydrogens is 527 g/mol. The van der Waals surface area contributed by atoms with Crippen LogP contribution in [-0.2, 0) is 23.7 Å². The van der Waals surface area contributed by atoms with Crippen LogP contribution < -0.4 is 10.6 Å². The van der Waals surface area contributed by atoms with E-state index in [1.54, 1.807) is 24.1 Å². The summed E-state index contributed by atoms with van der Waals surface area (Å²) in [5.74, 6) is -3.30. The number of pyridine rings is 1. The number of benzene rings is 1. The SMILES string of the molecule is CC(C)C[C@H](NC(=O)C(NC(=O)c1cccc(-c2ccccc2)n1)[C@@H](C)O)B1OC(=O)[C@H]2CCC[C@H](C(=O)O1)N2C. The number of fused-ring (bicyclic) bond motifs is 2. The monoisotopic (exact) mass is 564 g/mol. The molecular formula is C29H37BN4O7. The standard InChI is InChI=1S/C29H37BN4O7/c1-17(2)16-24(30-40-28(38)22-14-9-15-23(34(22)4)29(39)41-30)32-27(37)25(18(3)35)33-26(36)21-13-8-12-20(31-21)19-10-6-5-7-11-19/h5-8,10-13,17-18,22-25,35H,9,14-16H2,1-4H3,(H,32,37)(H,33,36)/t18-,22-,23-,24+,25?/m1/s1. The largest absolute Gasteiger partial charge is 0.622 e. The van der Waals surface area contributed by atoms with Gasteiger partial charge in [-0.2, -0.15) is 0 Å². The molecule has 218 valence electrons. The van der Waals surface area contributed by atoms with E-state index in [0.717, 1.165) is 5.56 Å². The number of piperidine rings is 1. The lowest BCUT2D eigenvalue weighted by Crippen LogP contribution is -2.62. The number of rotatable bonds is 9. The van der Waals surface area contributed by atoms with Crippen molar-refractivity contribution >= 4 is 30.9 Å². The molecule has 1 unspecified atom stereocenters. The molecule has 11 nitrogen and oxygen atoms in total. The van der Waals surface area contributed by atoms with Gasteiger partial charge in [-0.25, -0.2) is 4.98 Å². The van der Waals surface area contributed by atoms with Crippen molar-refractivity contribution in [3.05, 3.63) is 54.2 Å². The second-order valence-electron chi connectivity index (χ2n) is 11.1. The fourth-order valence-corrected chi connectivity index (χ4v) is 5.24. The average molecular weight is 564 g/mol. The minimum absolute atomic E-state index is 0.0230. The third-order valence-electron chi connectivity index (χ3n) is 7.43. The fraction of sp³-hybridized carbons (Fsp3) is 0.483. The summed E-state index contributed by atoms with van der Waals surface area (Å²) in [6.07, 6.45) is 0.847. The van der Waals surface area contributed by atoms with E-state index in [9.17, 15) is 24.3 Å². The molecule has 2 aliphatic rings. The Morgan fingerprint density at radius 2 is 1.63 bits per heavy atom. The normalized spacial score (nSPS) is 21.6. The third kappa shape index (κ3) is 7.31. The first-order valence-corrected chi connectivity index (χ1v) is 14.0. The van der Waals surface area contributed by atoms with Crippen molar-refractivity contribution in [2.45, 2.75) is 76.6 Å². The van der Waals surface area contributed by atoms with Crippen molar-refractivity contribution in [3.63, 3.8) is 0 Å². The Kier molecular flexibility index (Phi) is 9.77. The van der Waals surface area contributed by atoms with Crippen LogP contribution in [0.4, 0.5) is 0 Å². The van der Waals surface area contributed by atoms with Gasteiger partial charge in [0.1, 0.15) is 23.8 Å². The first-order valence-electron chi connectivity index (χ1n) is 14.0. The number of nitrogens with one attached hydrogen (secondary N) is 2. The molecule has 0 spiro atoms. The smallest absolute Gasteiger partial charge is 0.497 e. The summed E-state index contributed by atoms with van der Waals surface area (Å²) in [7, 11) is 0.345. The lowest BCUT2D eigenvalue weighted by atomic mass is 9.72. The number of carbonyl (C=O) groups excluding carboxylic acids is 4. The zero-order valence-electron chi connectivity index (χ0n) is 23.8. The zero-order valence-corrected chi connectivity index (χ0v) is 23.8. The van der Waals surface area contributed by atoms with Crippen LogP contribution in [0.2, 0.25) is 0 Å². The molecule has 3 heterocycles. The van der Waals surface area contributed by atoms with E-state index in [1.807, 2.05) is 44.2 Å². The van der Waals surface area contributed by atoms with Gasteiger partial charge in [0.05, 0.1) is 17.7 Å². The van der Waals surface area contributed by atoms with Gasteiger partial charge in [0, 0.05) is 5.56 Å². The summed E-state index contributed by atoms with van der Waals surface area (Å²) in [5, 5.41) is 15.8. The Morgan fingerprint density at radius 1 is 1.00 bits per heavy atom. The molecule has 2 fully saturated rings. The molecule has 0 radical (unpaired) electrons. The number of amides is 2. The first-order chi connectivity index (χ1) is 19.5. The highest BCUT2D eigenvalue weighted by Crippen LogP contribution is 2.27. The molecule has 5 atom stereocenters. The van der Waals surface area contributed by atoms with Gasteiger partial charge in [0.15, 0.2) is 0 Å². The van der Waals surface area contributed by atoms with Gasteiger partial charge in [-0.1, -0.05) is 50.2 Å². The maximum Gasteiger partial charge on any atom is 0.622 e. The molecule has 2 aromatic rings. The van der Waals surface area contributed by atoms with Crippen molar-refractivity contribution in [1.29, 1.82) is 0 Å². The summed E-state index contributed by atoms with van der Waals surface area (Å²) >= 11 is 0. The first kappa shape index (κ1) is 30.2. The fourth-order valence-electron chi connectivity index (χ4n) is 5.24. The van der Waals surface area contributed by atoms with Gasteiger partial charge in [0.2, 0.25) is 5.91 Å². The number of nitrogens with zero attached hydrogens (tertiary/aromatic N) is 2. The highest BCUT2D eigenvalue weighted by atomic mass is 16.6. The number of likely N-dealkylation sites (N-methyl/N-ethyl adjacent to an activating group) is 1. The maximum absolute atomic E-state index is 13.4. The summed E-state index contributed by atoms with van der Waals surface area (Å²) in [4.78, 5) is 58.6. The second kappa shape index (κ2) is 13.3. The topological polar surface area (TPSA) is 147 Å². The number of aliphatic hydroxyl groups is 1. The van der Waals surface area contributed by atoms with E-state index in [0.29, 0.717) is 31.4 Å². The highest BCUT2D eigenvalue weighted by molar-refractivity contribution is 6.51. The molecule has 41 heavy (non-hydrogen) atoms. The van der Waals surface area contributed by atoms with Crippen LogP contribution in [0, 0.1) is 5.92 Å². The van der Waals surface area contributed by atoms with Gasteiger partial charge < -0.3 is 25.0 Å². The van der Waals surface area contributed by atoms with Gasteiger partial charge in [-0.3, -0.25) is 24.1 Å². The maximum atomic E-state index is 13.4. The molecule has 2 bridgehead atoms. The Hall–Kier alpha value is -3.77. The quantitative estimate of drug-likeness (QED) is 0.388. The zero-order chi connectivity index (χ0) is 29.7. The average Bonchev–Trinajstić information content (AvgIpc) is 2.94. The Balaban J connectivity index is 1.51. The Morgan fingerprint density at radius 3 is 2.22 bits per heavy atom. The summed E-state index contributed by atoms with van der Waals surface area (Å²) in [6.45, 7) is 5.20. The van der Waals surface area contributed by atoms with E-state index in [4.69, 9.17) is 9.31 Å². The Bertz CT molecular complexity index is 1230. The molecule has 12 heteroatoms. The van der Waals surface area contributed by atoms with Crippen molar-refractivity contribution in [1.82, 2.24) is 20.5 Å². The molecule has 2 amide bonds.